The lowest BCUT2D eigenvalue weighted by Crippen LogP contribution is -1.75. The zero-order chi connectivity index (χ0) is 9.52. The van der Waals surface area contributed by atoms with Crippen molar-refractivity contribution in [3.63, 3.8) is 0 Å². The molecule has 0 unspecified atom stereocenters. The van der Waals surface area contributed by atoms with Crippen LogP contribution in [0.1, 0.15) is 19.9 Å². The average Bonchev–Trinajstić information content (AvgIpc) is 2.19. The molecular weight excluding hydrogens is 168 g/mol. The van der Waals surface area contributed by atoms with Crippen molar-refractivity contribution in [2.24, 2.45) is 0 Å². The van der Waals surface area contributed by atoms with E-state index in [2.05, 4.69) is 18.7 Å². The van der Waals surface area contributed by atoms with Crippen molar-refractivity contribution in [1.29, 1.82) is 0 Å². The highest BCUT2D eigenvalue weighted by Crippen LogP contribution is 2.12. The topological polar surface area (TPSA) is 0 Å². The number of benzene rings is 1. The summed E-state index contributed by atoms with van der Waals surface area (Å²) in [6.45, 7) is 5.97. The molecule has 0 bridgehead atoms. The highest BCUT2D eigenvalue weighted by atomic mass is 13.9. The van der Waals surface area contributed by atoms with Crippen molar-refractivity contribution in [3.05, 3.63) is 66.8 Å². The molecule has 0 atom stereocenters. The van der Waals surface area contributed by atoms with Crippen LogP contribution < -0.4 is 0 Å². The predicted molar refractivity (Wildman–Crippen MR) is 66.2 cm³/mol. The zero-order valence-electron chi connectivity index (χ0n) is 7.90. The first kappa shape index (κ1) is 12.4. The molecule has 0 aliphatic carbocycles. The molecule has 0 radical (unpaired) electrons. The van der Waals surface area contributed by atoms with Gasteiger partial charge in [-0.05, 0) is 18.1 Å². The first-order valence-electron chi connectivity index (χ1n) is 4.38. The van der Waals surface area contributed by atoms with Crippen molar-refractivity contribution >= 4 is 5.57 Å². The van der Waals surface area contributed by atoms with E-state index in [1.807, 2.05) is 49.4 Å². The maximum Gasteiger partial charge on any atom is -0.0190 e. The SMILES string of the molecule is C.C=C(/C=C\C=C/C)c1ccccc1. The summed E-state index contributed by atoms with van der Waals surface area (Å²) in [6.07, 6.45) is 7.99. The largest absolute Gasteiger partial charge is 0.0912 e. The van der Waals surface area contributed by atoms with Crippen LogP contribution in [0.5, 0.6) is 0 Å². The van der Waals surface area contributed by atoms with Gasteiger partial charge in [-0.15, -0.1) is 0 Å². The molecule has 0 spiro atoms. The Balaban J connectivity index is 0.00000169. The van der Waals surface area contributed by atoms with Crippen LogP contribution >= 0.6 is 0 Å². The van der Waals surface area contributed by atoms with Gasteiger partial charge in [0.1, 0.15) is 0 Å². The van der Waals surface area contributed by atoms with Crippen LogP contribution in [-0.4, -0.2) is 0 Å². The van der Waals surface area contributed by atoms with Gasteiger partial charge in [-0.25, -0.2) is 0 Å². The highest BCUT2D eigenvalue weighted by molar-refractivity contribution is 5.72. The van der Waals surface area contributed by atoms with Gasteiger partial charge >= 0.3 is 0 Å². The summed E-state index contributed by atoms with van der Waals surface area (Å²) in [5, 5.41) is 0. The minimum Gasteiger partial charge on any atom is -0.0912 e. The molecule has 0 saturated carbocycles. The molecule has 0 nitrogen and oxygen atoms in total. The van der Waals surface area contributed by atoms with E-state index >= 15 is 0 Å². The molecule has 0 N–H and O–H groups in total. The number of rotatable bonds is 3. The van der Waals surface area contributed by atoms with Crippen LogP contribution in [0.4, 0.5) is 0 Å². The molecule has 0 heteroatoms. The third-order valence-corrected chi connectivity index (χ3v) is 1.75. The number of hydrogen-bond donors (Lipinski definition) is 0. The second-order valence-electron chi connectivity index (χ2n) is 2.78. The van der Waals surface area contributed by atoms with Crippen molar-refractivity contribution in [2.45, 2.75) is 14.4 Å². The molecule has 1 rings (SSSR count). The summed E-state index contributed by atoms with van der Waals surface area (Å²) in [6, 6.07) is 10.2. The quantitative estimate of drug-likeness (QED) is 0.611. The third kappa shape index (κ3) is 3.90. The van der Waals surface area contributed by atoms with E-state index in [0.29, 0.717) is 0 Å². The summed E-state index contributed by atoms with van der Waals surface area (Å²) < 4.78 is 0. The smallest absolute Gasteiger partial charge is 0.0190 e. The van der Waals surface area contributed by atoms with Crippen molar-refractivity contribution in [2.75, 3.05) is 0 Å². The molecule has 14 heavy (non-hydrogen) atoms. The first-order chi connectivity index (χ1) is 6.34. The Hall–Kier alpha value is -1.56. The van der Waals surface area contributed by atoms with E-state index < -0.39 is 0 Å². The molecule has 0 aliphatic rings. The Labute approximate surface area is 87.3 Å². The van der Waals surface area contributed by atoms with Crippen molar-refractivity contribution < 1.29 is 0 Å². The van der Waals surface area contributed by atoms with Gasteiger partial charge in [0.25, 0.3) is 0 Å². The van der Waals surface area contributed by atoms with Gasteiger partial charge < -0.3 is 0 Å². The molecule has 74 valence electrons. The second-order valence-corrected chi connectivity index (χ2v) is 2.78. The van der Waals surface area contributed by atoms with Crippen LogP contribution in [0.25, 0.3) is 5.57 Å². The van der Waals surface area contributed by atoms with Crippen LogP contribution in [0, 0.1) is 0 Å². The van der Waals surface area contributed by atoms with Crippen molar-refractivity contribution in [1.82, 2.24) is 0 Å². The lowest BCUT2D eigenvalue weighted by atomic mass is 10.1. The Kier molecular flexibility index (Phi) is 6.13. The normalized spacial score (nSPS) is 10.4. The van der Waals surface area contributed by atoms with Crippen LogP contribution in [0.3, 0.4) is 0 Å². The zero-order valence-corrected chi connectivity index (χ0v) is 7.90. The molecular formula is C14H18. The van der Waals surface area contributed by atoms with Crippen LogP contribution in [0.2, 0.25) is 0 Å². The van der Waals surface area contributed by atoms with E-state index in [4.69, 9.17) is 0 Å². The summed E-state index contributed by atoms with van der Waals surface area (Å²) in [5.41, 5.74) is 2.21. The standard InChI is InChI=1S/C13H14.CH4/c1-3-4-6-9-12(2)13-10-7-5-8-11-13;/h3-11H,2H2,1H3;1H4/b4-3-,9-6-;. The minimum absolute atomic E-state index is 0. The first-order valence-corrected chi connectivity index (χ1v) is 4.38. The van der Waals surface area contributed by atoms with Crippen LogP contribution in [-0.2, 0) is 0 Å². The summed E-state index contributed by atoms with van der Waals surface area (Å²) in [5.74, 6) is 0. The summed E-state index contributed by atoms with van der Waals surface area (Å²) >= 11 is 0. The summed E-state index contributed by atoms with van der Waals surface area (Å²) in [7, 11) is 0. The number of allylic oxidation sites excluding steroid dienone is 5. The Bertz CT molecular complexity index is 315. The van der Waals surface area contributed by atoms with Gasteiger partial charge in [-0.2, -0.15) is 0 Å². The maximum atomic E-state index is 3.98. The lowest BCUT2D eigenvalue weighted by Gasteiger charge is -1.97. The van der Waals surface area contributed by atoms with E-state index in [1.165, 1.54) is 5.56 Å². The fourth-order valence-electron chi connectivity index (χ4n) is 1.03. The molecule has 0 aromatic heterocycles. The monoisotopic (exact) mass is 186 g/mol. The molecule has 0 aliphatic heterocycles. The Morgan fingerprint density at radius 2 is 1.79 bits per heavy atom. The summed E-state index contributed by atoms with van der Waals surface area (Å²) in [4.78, 5) is 0. The predicted octanol–water partition coefficient (Wildman–Crippen LogP) is 4.47. The van der Waals surface area contributed by atoms with Gasteiger partial charge in [-0.1, -0.05) is 68.6 Å². The van der Waals surface area contributed by atoms with E-state index in [1.54, 1.807) is 0 Å². The molecule has 1 aromatic rings. The second kappa shape index (κ2) is 6.90. The Morgan fingerprint density at radius 3 is 2.36 bits per heavy atom. The van der Waals surface area contributed by atoms with Gasteiger partial charge in [0.05, 0.1) is 0 Å². The maximum absolute atomic E-state index is 3.98. The van der Waals surface area contributed by atoms with E-state index in [-0.39, 0.29) is 7.43 Å². The molecule has 0 fully saturated rings. The minimum atomic E-state index is 0. The lowest BCUT2D eigenvalue weighted by molar-refractivity contribution is 1.63. The fourth-order valence-corrected chi connectivity index (χ4v) is 1.03. The van der Waals surface area contributed by atoms with Crippen LogP contribution in [0.15, 0.2) is 61.2 Å². The average molecular weight is 186 g/mol. The van der Waals surface area contributed by atoms with E-state index in [0.717, 1.165) is 5.57 Å². The van der Waals surface area contributed by atoms with Gasteiger partial charge in [0.2, 0.25) is 0 Å². The fraction of sp³-hybridized carbons (Fsp3) is 0.143. The molecule has 0 heterocycles. The molecule has 1 aromatic carbocycles. The third-order valence-electron chi connectivity index (χ3n) is 1.75. The van der Waals surface area contributed by atoms with Gasteiger partial charge in [-0.3, -0.25) is 0 Å². The highest BCUT2D eigenvalue weighted by Gasteiger charge is 1.90. The molecule has 0 saturated heterocycles. The Morgan fingerprint density at radius 1 is 1.14 bits per heavy atom. The van der Waals surface area contributed by atoms with Gasteiger partial charge in [0.15, 0.2) is 0 Å². The number of hydrogen-bond acceptors (Lipinski definition) is 0. The molecule has 0 amide bonds. The van der Waals surface area contributed by atoms with Crippen molar-refractivity contribution in [3.8, 4) is 0 Å². The van der Waals surface area contributed by atoms with Gasteiger partial charge in [0, 0.05) is 0 Å². The van der Waals surface area contributed by atoms with E-state index in [9.17, 15) is 0 Å².